The average molecular weight is 393 g/mol. The summed E-state index contributed by atoms with van der Waals surface area (Å²) in [6.07, 6.45) is -3.86. The lowest BCUT2D eigenvalue weighted by Crippen LogP contribution is -2.23. The van der Waals surface area contributed by atoms with Gasteiger partial charge in [-0.15, -0.1) is 10.2 Å². The molecule has 0 fully saturated rings. The Hall–Kier alpha value is -3.63. The molecule has 0 aliphatic carbocycles. The first kappa shape index (κ1) is 19.1. The van der Waals surface area contributed by atoms with E-state index in [4.69, 9.17) is 9.52 Å². The highest BCUT2D eigenvalue weighted by molar-refractivity contribution is 5.73. The number of anilines is 2. The fourth-order valence-electron chi connectivity index (χ4n) is 2.30. The van der Waals surface area contributed by atoms with E-state index in [2.05, 4.69) is 25.8 Å². The number of hydrogen-bond donors (Lipinski definition) is 3. The number of halogens is 3. The number of carboxylic acid groups (broad SMARTS) is 1. The molecule has 0 aliphatic heterocycles. The van der Waals surface area contributed by atoms with Crippen molar-refractivity contribution in [2.45, 2.75) is 12.6 Å². The van der Waals surface area contributed by atoms with Crippen LogP contribution in [0.1, 0.15) is 11.5 Å². The van der Waals surface area contributed by atoms with Gasteiger partial charge in [0.1, 0.15) is 5.82 Å². The van der Waals surface area contributed by atoms with E-state index in [0.717, 1.165) is 12.1 Å². The van der Waals surface area contributed by atoms with Gasteiger partial charge >= 0.3 is 12.3 Å². The summed E-state index contributed by atoms with van der Waals surface area (Å²) >= 11 is 0. The molecule has 0 saturated heterocycles. The number of nitrogens with one attached hydrogen (secondary N) is 2. The van der Waals surface area contributed by atoms with Gasteiger partial charge in [0.25, 0.3) is 5.89 Å². The van der Waals surface area contributed by atoms with E-state index in [0.29, 0.717) is 17.1 Å². The number of benzene rings is 1. The number of nitrogens with zero attached hydrogens (tertiary/aromatic N) is 3. The molecule has 28 heavy (non-hydrogen) atoms. The predicted octanol–water partition coefficient (Wildman–Crippen LogP) is 3.70. The molecular weight excluding hydrogens is 379 g/mol. The Labute approximate surface area is 156 Å². The van der Waals surface area contributed by atoms with Crippen LogP contribution >= 0.6 is 0 Å². The zero-order valence-electron chi connectivity index (χ0n) is 14.2. The van der Waals surface area contributed by atoms with E-state index in [-0.39, 0.29) is 24.7 Å². The minimum absolute atomic E-state index is 0.112. The van der Waals surface area contributed by atoms with E-state index in [9.17, 15) is 18.0 Å². The Bertz CT molecular complexity index is 957. The van der Waals surface area contributed by atoms with Crippen molar-refractivity contribution >= 4 is 17.6 Å². The normalized spacial score (nSPS) is 11.2. The second-order valence-electron chi connectivity index (χ2n) is 5.58. The molecule has 3 rings (SSSR count). The summed E-state index contributed by atoms with van der Waals surface area (Å²) in [5, 5.41) is 21.4. The first-order chi connectivity index (χ1) is 13.3. The third-order valence-electron chi connectivity index (χ3n) is 3.60. The zero-order chi connectivity index (χ0) is 20.1. The molecule has 8 nitrogen and oxygen atoms in total. The predicted molar refractivity (Wildman–Crippen MR) is 92.0 cm³/mol. The molecule has 0 aliphatic rings. The van der Waals surface area contributed by atoms with Crippen molar-refractivity contribution in [1.29, 1.82) is 0 Å². The fourth-order valence-corrected chi connectivity index (χ4v) is 2.30. The van der Waals surface area contributed by atoms with Crippen molar-refractivity contribution in [3.8, 4) is 11.5 Å². The summed E-state index contributed by atoms with van der Waals surface area (Å²) in [6, 6.07) is 7.81. The maximum absolute atomic E-state index is 12.7. The summed E-state index contributed by atoms with van der Waals surface area (Å²) in [5.41, 5.74) is 0.0986. The van der Waals surface area contributed by atoms with Crippen LogP contribution in [0.4, 0.5) is 29.5 Å². The van der Waals surface area contributed by atoms with Crippen LogP contribution in [0.15, 0.2) is 47.0 Å². The maximum atomic E-state index is 12.7. The fraction of sp³-hybridized carbons (Fsp3) is 0.176. The zero-order valence-corrected chi connectivity index (χ0v) is 14.2. The van der Waals surface area contributed by atoms with Gasteiger partial charge in [-0.3, -0.25) is 0 Å². The molecule has 3 aromatic rings. The third kappa shape index (κ3) is 4.75. The van der Waals surface area contributed by atoms with Gasteiger partial charge in [-0.05, 0) is 36.4 Å². The number of amides is 1. The SMILES string of the molecule is O=C(O)NCCc1nnc(-c2cccnc2Nc2ccc(C(F)(F)F)cc2)o1. The number of aromatic nitrogens is 3. The van der Waals surface area contributed by atoms with Crippen molar-refractivity contribution in [2.75, 3.05) is 11.9 Å². The molecule has 0 spiro atoms. The van der Waals surface area contributed by atoms with E-state index < -0.39 is 17.8 Å². The van der Waals surface area contributed by atoms with Crippen LogP contribution < -0.4 is 10.6 Å². The number of alkyl halides is 3. The lowest BCUT2D eigenvalue weighted by atomic mass is 10.2. The van der Waals surface area contributed by atoms with E-state index >= 15 is 0 Å². The molecule has 0 atom stereocenters. The van der Waals surface area contributed by atoms with Crippen LogP contribution in [0.25, 0.3) is 11.5 Å². The highest BCUT2D eigenvalue weighted by Gasteiger charge is 2.30. The Morgan fingerprint density at radius 1 is 1.14 bits per heavy atom. The lowest BCUT2D eigenvalue weighted by Gasteiger charge is -2.10. The molecule has 146 valence electrons. The number of pyridine rings is 1. The van der Waals surface area contributed by atoms with Gasteiger partial charge < -0.3 is 20.2 Å². The van der Waals surface area contributed by atoms with Crippen LogP contribution in [-0.4, -0.2) is 32.9 Å². The topological polar surface area (TPSA) is 113 Å². The number of carbonyl (C=O) groups is 1. The lowest BCUT2D eigenvalue weighted by molar-refractivity contribution is -0.137. The highest BCUT2D eigenvalue weighted by atomic mass is 19.4. The Morgan fingerprint density at radius 3 is 2.57 bits per heavy atom. The van der Waals surface area contributed by atoms with Gasteiger partial charge in [0.15, 0.2) is 0 Å². The number of rotatable bonds is 6. The van der Waals surface area contributed by atoms with Crippen LogP contribution in [0.3, 0.4) is 0 Å². The Morgan fingerprint density at radius 2 is 1.89 bits per heavy atom. The molecule has 2 aromatic heterocycles. The van der Waals surface area contributed by atoms with Crippen LogP contribution in [-0.2, 0) is 12.6 Å². The standard InChI is InChI=1S/C17H14F3N5O3/c18-17(19,20)10-3-5-11(6-4-10)23-14-12(2-1-8-21-14)15-25-24-13(28-15)7-9-22-16(26)27/h1-6,8,22H,7,9H2,(H,21,23)(H,26,27). The number of hydrogen-bond acceptors (Lipinski definition) is 6. The van der Waals surface area contributed by atoms with Crippen molar-refractivity contribution in [2.24, 2.45) is 0 Å². The Kier molecular flexibility index (Phi) is 5.43. The minimum Gasteiger partial charge on any atom is -0.465 e. The third-order valence-corrected chi connectivity index (χ3v) is 3.60. The summed E-state index contributed by atoms with van der Waals surface area (Å²) in [4.78, 5) is 14.6. The molecule has 3 N–H and O–H groups in total. The van der Waals surface area contributed by atoms with E-state index in [1.165, 1.54) is 18.3 Å². The average Bonchev–Trinajstić information content (AvgIpc) is 3.10. The molecule has 0 unspecified atom stereocenters. The van der Waals surface area contributed by atoms with Gasteiger partial charge in [0.2, 0.25) is 5.89 Å². The second kappa shape index (κ2) is 7.94. The van der Waals surface area contributed by atoms with Crippen molar-refractivity contribution in [3.63, 3.8) is 0 Å². The van der Waals surface area contributed by atoms with Gasteiger partial charge in [-0.2, -0.15) is 13.2 Å². The first-order valence-corrected chi connectivity index (χ1v) is 8.02. The molecule has 0 radical (unpaired) electrons. The van der Waals surface area contributed by atoms with Crippen molar-refractivity contribution in [1.82, 2.24) is 20.5 Å². The molecule has 0 bridgehead atoms. The largest absolute Gasteiger partial charge is 0.465 e. The van der Waals surface area contributed by atoms with Crippen molar-refractivity contribution < 1.29 is 27.5 Å². The maximum Gasteiger partial charge on any atom is 0.416 e. The van der Waals surface area contributed by atoms with E-state index in [1.54, 1.807) is 12.1 Å². The van der Waals surface area contributed by atoms with Gasteiger partial charge in [-0.25, -0.2) is 9.78 Å². The summed E-state index contributed by atoms with van der Waals surface area (Å²) in [7, 11) is 0. The quantitative estimate of drug-likeness (QED) is 0.585. The van der Waals surface area contributed by atoms with Gasteiger partial charge in [0, 0.05) is 24.8 Å². The van der Waals surface area contributed by atoms with Gasteiger partial charge in [0.05, 0.1) is 11.1 Å². The minimum atomic E-state index is -4.41. The van der Waals surface area contributed by atoms with Crippen LogP contribution in [0.2, 0.25) is 0 Å². The molecule has 11 heteroatoms. The van der Waals surface area contributed by atoms with Gasteiger partial charge in [-0.1, -0.05) is 0 Å². The molecule has 1 amide bonds. The Balaban J connectivity index is 1.76. The van der Waals surface area contributed by atoms with E-state index in [1.807, 2.05) is 0 Å². The molecular formula is C17H14F3N5O3. The molecule has 0 saturated carbocycles. The summed E-state index contributed by atoms with van der Waals surface area (Å²) in [6.45, 7) is 0.112. The second-order valence-corrected chi connectivity index (χ2v) is 5.58. The summed E-state index contributed by atoms with van der Waals surface area (Å²) in [5.74, 6) is 0.696. The smallest absolute Gasteiger partial charge is 0.416 e. The first-order valence-electron chi connectivity index (χ1n) is 8.02. The monoisotopic (exact) mass is 393 g/mol. The highest BCUT2D eigenvalue weighted by Crippen LogP contribution is 2.31. The summed E-state index contributed by atoms with van der Waals surface area (Å²) < 4.78 is 43.5. The molecule has 1 aromatic carbocycles. The van der Waals surface area contributed by atoms with Crippen molar-refractivity contribution in [3.05, 3.63) is 54.0 Å². The van der Waals surface area contributed by atoms with Crippen LogP contribution in [0, 0.1) is 0 Å². The molecule has 2 heterocycles. The van der Waals surface area contributed by atoms with Crippen LogP contribution in [0.5, 0.6) is 0 Å².